The average Bonchev–Trinajstić information content (AvgIpc) is 3.31. The molecule has 2 aromatic heterocycles. The Balaban J connectivity index is 1.65. The summed E-state index contributed by atoms with van der Waals surface area (Å²) in [5.41, 5.74) is 1.80. The van der Waals surface area contributed by atoms with Crippen LogP contribution in [0.4, 0.5) is 23.1 Å². The second-order valence-electron chi connectivity index (χ2n) is 6.84. The van der Waals surface area contributed by atoms with Crippen molar-refractivity contribution in [2.24, 2.45) is 0 Å². The number of hydrogen-bond acceptors (Lipinski definition) is 7. The van der Waals surface area contributed by atoms with Crippen molar-refractivity contribution in [2.45, 2.75) is 19.4 Å². The summed E-state index contributed by atoms with van der Waals surface area (Å²) in [6.07, 6.45) is 1.53. The number of aryl methyl sites for hydroxylation is 1. The van der Waals surface area contributed by atoms with E-state index in [1.165, 1.54) is 6.20 Å². The SMILES string of the molecule is Cc1cc(Nc2cnc(C(=O)N3CCC(O)C3)c(Nc3ccc(Cl)cc3)n2)n[nH]1. The maximum Gasteiger partial charge on any atom is 0.276 e. The molecule has 1 amide bonds. The molecule has 4 rings (SSSR count). The van der Waals surface area contributed by atoms with Crippen molar-refractivity contribution in [1.29, 1.82) is 0 Å². The van der Waals surface area contributed by atoms with Gasteiger partial charge in [-0.3, -0.25) is 9.89 Å². The number of carbonyl (C=O) groups excluding carboxylic acids is 1. The first-order valence-corrected chi connectivity index (χ1v) is 9.52. The van der Waals surface area contributed by atoms with E-state index in [0.717, 1.165) is 5.69 Å². The maximum absolute atomic E-state index is 12.9. The van der Waals surface area contributed by atoms with Gasteiger partial charge < -0.3 is 20.6 Å². The number of anilines is 4. The lowest BCUT2D eigenvalue weighted by Crippen LogP contribution is -2.31. The molecule has 9 nitrogen and oxygen atoms in total. The number of aromatic nitrogens is 4. The molecular weight excluding hydrogens is 394 g/mol. The van der Waals surface area contributed by atoms with Crippen molar-refractivity contribution in [3.8, 4) is 0 Å². The van der Waals surface area contributed by atoms with Crippen molar-refractivity contribution >= 4 is 40.6 Å². The zero-order valence-corrected chi connectivity index (χ0v) is 16.4. The summed E-state index contributed by atoms with van der Waals surface area (Å²) in [6.45, 7) is 2.66. The molecule has 4 N–H and O–H groups in total. The summed E-state index contributed by atoms with van der Waals surface area (Å²) in [7, 11) is 0. The molecule has 1 aliphatic rings. The van der Waals surface area contributed by atoms with Crippen molar-refractivity contribution in [3.05, 3.63) is 52.9 Å². The van der Waals surface area contributed by atoms with Gasteiger partial charge in [0.25, 0.3) is 5.91 Å². The third-order valence-corrected chi connectivity index (χ3v) is 4.75. The molecule has 1 fully saturated rings. The molecule has 1 saturated heterocycles. The van der Waals surface area contributed by atoms with E-state index < -0.39 is 6.10 Å². The molecule has 10 heteroatoms. The van der Waals surface area contributed by atoms with E-state index in [-0.39, 0.29) is 18.1 Å². The minimum absolute atomic E-state index is 0.179. The Hall–Kier alpha value is -3.17. The van der Waals surface area contributed by atoms with Gasteiger partial charge >= 0.3 is 0 Å². The molecule has 150 valence electrons. The quantitative estimate of drug-likeness (QED) is 0.507. The van der Waals surface area contributed by atoms with Crippen LogP contribution < -0.4 is 10.6 Å². The van der Waals surface area contributed by atoms with Crippen molar-refractivity contribution in [3.63, 3.8) is 0 Å². The number of β-amino-alcohol motifs (C(OH)–C–C–N with tert-alkyl or cyclic N) is 1. The van der Waals surface area contributed by atoms with Crippen LogP contribution in [-0.4, -0.2) is 55.3 Å². The van der Waals surface area contributed by atoms with Gasteiger partial charge in [-0.15, -0.1) is 0 Å². The van der Waals surface area contributed by atoms with E-state index in [2.05, 4.69) is 30.8 Å². The van der Waals surface area contributed by atoms with Crippen LogP contribution in [0.3, 0.4) is 0 Å². The van der Waals surface area contributed by atoms with Crippen molar-refractivity contribution in [1.82, 2.24) is 25.1 Å². The molecule has 0 saturated carbocycles. The van der Waals surface area contributed by atoms with E-state index in [9.17, 15) is 9.90 Å². The highest BCUT2D eigenvalue weighted by Gasteiger charge is 2.28. The fraction of sp³-hybridized carbons (Fsp3) is 0.263. The molecule has 0 spiro atoms. The first-order valence-electron chi connectivity index (χ1n) is 9.14. The van der Waals surface area contributed by atoms with Crippen LogP contribution in [0.5, 0.6) is 0 Å². The normalized spacial score (nSPS) is 16.1. The molecule has 1 aliphatic heterocycles. The second kappa shape index (κ2) is 8.06. The Morgan fingerprint density at radius 2 is 2.07 bits per heavy atom. The number of carbonyl (C=O) groups is 1. The first kappa shape index (κ1) is 19.2. The molecule has 3 aromatic rings. The van der Waals surface area contributed by atoms with Gasteiger partial charge in [-0.2, -0.15) is 5.10 Å². The topological polar surface area (TPSA) is 119 Å². The fourth-order valence-electron chi connectivity index (χ4n) is 3.05. The van der Waals surface area contributed by atoms with E-state index in [1.54, 1.807) is 29.2 Å². The van der Waals surface area contributed by atoms with E-state index in [1.807, 2.05) is 13.0 Å². The third-order valence-electron chi connectivity index (χ3n) is 4.49. The molecule has 29 heavy (non-hydrogen) atoms. The molecule has 3 heterocycles. The number of H-pyrrole nitrogens is 1. The minimum Gasteiger partial charge on any atom is -0.391 e. The van der Waals surface area contributed by atoms with E-state index in [0.29, 0.717) is 41.1 Å². The molecule has 1 unspecified atom stereocenters. The lowest BCUT2D eigenvalue weighted by molar-refractivity contribution is 0.0760. The number of rotatable bonds is 5. The number of likely N-dealkylation sites (tertiary alicyclic amines) is 1. The van der Waals surface area contributed by atoms with Gasteiger partial charge in [0.15, 0.2) is 23.1 Å². The Morgan fingerprint density at radius 3 is 2.72 bits per heavy atom. The summed E-state index contributed by atoms with van der Waals surface area (Å²) in [6, 6.07) is 8.89. The monoisotopic (exact) mass is 413 g/mol. The molecule has 1 atom stereocenters. The van der Waals surface area contributed by atoms with Crippen LogP contribution >= 0.6 is 11.6 Å². The first-order chi connectivity index (χ1) is 14.0. The fourth-order valence-corrected chi connectivity index (χ4v) is 3.18. The molecular formula is C19H20ClN7O2. The van der Waals surface area contributed by atoms with Gasteiger partial charge in [0.2, 0.25) is 0 Å². The van der Waals surface area contributed by atoms with Gasteiger partial charge in [0.05, 0.1) is 12.3 Å². The highest BCUT2D eigenvalue weighted by Crippen LogP contribution is 2.24. The summed E-state index contributed by atoms with van der Waals surface area (Å²) < 4.78 is 0. The van der Waals surface area contributed by atoms with Crippen LogP contribution in [0.15, 0.2) is 36.5 Å². The summed E-state index contributed by atoms with van der Waals surface area (Å²) >= 11 is 5.95. The van der Waals surface area contributed by atoms with Crippen LogP contribution in [0.2, 0.25) is 5.02 Å². The van der Waals surface area contributed by atoms with Gasteiger partial charge in [-0.05, 0) is 37.6 Å². The second-order valence-corrected chi connectivity index (χ2v) is 7.28. The molecule has 0 aliphatic carbocycles. The number of aromatic amines is 1. The smallest absolute Gasteiger partial charge is 0.276 e. The standard InChI is InChI=1S/C19H20ClN7O2/c1-11-8-15(26-25-11)23-16-9-21-17(19(29)27-7-6-14(28)10-27)18(24-16)22-13-4-2-12(20)3-5-13/h2-5,8-9,14,28H,6-7,10H2,1H3,(H3,22,23,24,25,26). The van der Waals surface area contributed by atoms with Crippen molar-refractivity contribution < 1.29 is 9.90 Å². The number of amides is 1. The number of nitrogens with zero attached hydrogens (tertiary/aromatic N) is 4. The molecule has 0 radical (unpaired) electrons. The predicted octanol–water partition coefficient (Wildman–Crippen LogP) is 2.86. The summed E-state index contributed by atoms with van der Waals surface area (Å²) in [4.78, 5) is 23.4. The lowest BCUT2D eigenvalue weighted by Gasteiger charge is -2.18. The summed E-state index contributed by atoms with van der Waals surface area (Å²) in [5.74, 6) is 1.05. The van der Waals surface area contributed by atoms with Gasteiger partial charge in [0.1, 0.15) is 0 Å². The third kappa shape index (κ3) is 4.47. The zero-order chi connectivity index (χ0) is 20.4. The number of halogens is 1. The minimum atomic E-state index is -0.511. The average molecular weight is 414 g/mol. The predicted molar refractivity (Wildman–Crippen MR) is 110 cm³/mol. The van der Waals surface area contributed by atoms with E-state index in [4.69, 9.17) is 11.6 Å². The van der Waals surface area contributed by atoms with Crippen LogP contribution in [0.25, 0.3) is 0 Å². The Labute approximate surface area is 172 Å². The summed E-state index contributed by atoms with van der Waals surface area (Å²) in [5, 5.41) is 23.5. The van der Waals surface area contributed by atoms with Crippen LogP contribution in [0.1, 0.15) is 22.6 Å². The highest BCUT2D eigenvalue weighted by atomic mass is 35.5. The number of nitrogens with one attached hydrogen (secondary N) is 3. The number of benzene rings is 1. The highest BCUT2D eigenvalue weighted by molar-refractivity contribution is 6.30. The van der Waals surface area contributed by atoms with Gasteiger partial charge in [0, 0.05) is 35.6 Å². The number of aliphatic hydroxyl groups is 1. The lowest BCUT2D eigenvalue weighted by atomic mass is 10.3. The Bertz CT molecular complexity index is 1020. The van der Waals surface area contributed by atoms with Crippen LogP contribution in [0, 0.1) is 6.92 Å². The molecule has 1 aromatic carbocycles. The van der Waals surface area contributed by atoms with Gasteiger partial charge in [-0.1, -0.05) is 11.6 Å². The van der Waals surface area contributed by atoms with Gasteiger partial charge in [-0.25, -0.2) is 9.97 Å². The van der Waals surface area contributed by atoms with E-state index >= 15 is 0 Å². The largest absolute Gasteiger partial charge is 0.391 e. The Morgan fingerprint density at radius 1 is 1.28 bits per heavy atom. The molecule has 0 bridgehead atoms. The van der Waals surface area contributed by atoms with Crippen LogP contribution in [-0.2, 0) is 0 Å². The maximum atomic E-state index is 12.9. The zero-order valence-electron chi connectivity index (χ0n) is 15.7. The van der Waals surface area contributed by atoms with Crippen molar-refractivity contribution in [2.75, 3.05) is 23.7 Å². The number of aliphatic hydroxyl groups excluding tert-OH is 1. The number of hydrogen-bond donors (Lipinski definition) is 4. The Kier molecular flexibility index (Phi) is 5.32.